The van der Waals surface area contributed by atoms with E-state index in [0.717, 1.165) is 12.5 Å². The second-order valence-corrected chi connectivity index (χ2v) is 6.17. The van der Waals surface area contributed by atoms with Crippen LogP contribution >= 0.6 is 0 Å². The number of nitrogens with one attached hydrogen (secondary N) is 1. The molecule has 0 aliphatic heterocycles. The van der Waals surface area contributed by atoms with Crippen LogP contribution in [-0.2, 0) is 9.47 Å². The molecule has 0 saturated heterocycles. The molecule has 0 aromatic rings. The Balaban J connectivity index is 2.48. The molecule has 0 heterocycles. The molecular formula is C14H29NO2. The summed E-state index contributed by atoms with van der Waals surface area (Å²) in [5.74, 6) is 0.755. The van der Waals surface area contributed by atoms with Crippen LogP contribution in [0.4, 0.5) is 0 Å². The van der Waals surface area contributed by atoms with E-state index in [0.29, 0.717) is 11.5 Å². The topological polar surface area (TPSA) is 30.5 Å². The summed E-state index contributed by atoms with van der Waals surface area (Å²) < 4.78 is 10.5. The van der Waals surface area contributed by atoms with E-state index < -0.39 is 0 Å². The Morgan fingerprint density at radius 2 is 1.71 bits per heavy atom. The average Bonchev–Trinajstić information content (AvgIpc) is 2.29. The van der Waals surface area contributed by atoms with E-state index in [9.17, 15) is 0 Å². The lowest BCUT2D eigenvalue weighted by atomic mass is 9.69. The fraction of sp³-hybridized carbons (Fsp3) is 1.00. The minimum atomic E-state index is -0.127. The van der Waals surface area contributed by atoms with Gasteiger partial charge in [0, 0.05) is 26.8 Å². The van der Waals surface area contributed by atoms with Crippen molar-refractivity contribution in [2.24, 2.45) is 11.3 Å². The highest BCUT2D eigenvalue weighted by Crippen LogP contribution is 2.37. The van der Waals surface area contributed by atoms with Crippen molar-refractivity contribution in [1.29, 1.82) is 0 Å². The van der Waals surface area contributed by atoms with Gasteiger partial charge in [-0.1, -0.05) is 33.6 Å². The van der Waals surface area contributed by atoms with E-state index in [1.165, 1.54) is 25.7 Å². The van der Waals surface area contributed by atoms with Crippen LogP contribution in [-0.4, -0.2) is 33.1 Å². The summed E-state index contributed by atoms with van der Waals surface area (Å²) in [5.41, 5.74) is 0.383. The molecule has 3 heteroatoms. The Labute approximate surface area is 106 Å². The van der Waals surface area contributed by atoms with Crippen molar-refractivity contribution >= 4 is 0 Å². The van der Waals surface area contributed by atoms with Crippen molar-refractivity contribution in [2.75, 3.05) is 20.8 Å². The summed E-state index contributed by atoms with van der Waals surface area (Å²) in [6, 6.07) is 0.608. The second-order valence-electron chi connectivity index (χ2n) is 6.17. The predicted octanol–water partition coefficient (Wildman–Crippen LogP) is 2.80. The number of rotatable bonds is 5. The smallest absolute Gasteiger partial charge is 0.169 e. The summed E-state index contributed by atoms with van der Waals surface area (Å²) in [7, 11) is 3.38. The molecule has 3 nitrogen and oxygen atoms in total. The molecule has 2 unspecified atom stereocenters. The largest absolute Gasteiger partial charge is 0.355 e. The standard InChI is InChI=1S/C14H29NO2/c1-14(2,3)11-8-6-7-9-12(11)15-10-13(16-4)17-5/h11-13,15H,6-10H2,1-5H3. The monoisotopic (exact) mass is 243 g/mol. The SMILES string of the molecule is COC(CNC1CCCCC1C(C)(C)C)OC. The zero-order chi connectivity index (χ0) is 12.9. The lowest BCUT2D eigenvalue weighted by Gasteiger charge is -2.41. The highest BCUT2D eigenvalue weighted by Gasteiger charge is 2.33. The molecule has 1 aliphatic rings. The van der Waals surface area contributed by atoms with Crippen LogP contribution in [0.2, 0.25) is 0 Å². The van der Waals surface area contributed by atoms with Crippen LogP contribution in [0.25, 0.3) is 0 Å². The summed E-state index contributed by atoms with van der Waals surface area (Å²) in [6.07, 6.45) is 5.21. The molecule has 102 valence electrons. The van der Waals surface area contributed by atoms with Crippen molar-refractivity contribution < 1.29 is 9.47 Å². The van der Waals surface area contributed by atoms with E-state index in [2.05, 4.69) is 26.1 Å². The predicted molar refractivity (Wildman–Crippen MR) is 71.0 cm³/mol. The molecule has 0 amide bonds. The van der Waals surface area contributed by atoms with E-state index in [1.54, 1.807) is 14.2 Å². The molecule has 1 rings (SSSR count). The molecule has 0 aromatic carbocycles. The van der Waals surface area contributed by atoms with Gasteiger partial charge in [0.2, 0.25) is 0 Å². The van der Waals surface area contributed by atoms with Gasteiger partial charge >= 0.3 is 0 Å². The van der Waals surface area contributed by atoms with Crippen LogP contribution in [0, 0.1) is 11.3 Å². The van der Waals surface area contributed by atoms with Gasteiger partial charge in [0.15, 0.2) is 6.29 Å². The molecule has 1 aliphatic carbocycles. The third-order valence-corrected chi connectivity index (χ3v) is 3.95. The third-order valence-electron chi connectivity index (χ3n) is 3.95. The van der Waals surface area contributed by atoms with Gasteiger partial charge in [0.25, 0.3) is 0 Å². The first kappa shape index (κ1) is 14.9. The van der Waals surface area contributed by atoms with E-state index in [1.807, 2.05) is 0 Å². The quantitative estimate of drug-likeness (QED) is 0.753. The highest BCUT2D eigenvalue weighted by molar-refractivity contribution is 4.88. The van der Waals surface area contributed by atoms with Gasteiger partial charge in [0.05, 0.1) is 0 Å². The first-order chi connectivity index (χ1) is 7.99. The second kappa shape index (κ2) is 6.72. The van der Waals surface area contributed by atoms with Crippen molar-refractivity contribution in [3.05, 3.63) is 0 Å². The fourth-order valence-corrected chi connectivity index (χ4v) is 2.92. The first-order valence-corrected chi connectivity index (χ1v) is 6.78. The molecule has 1 N–H and O–H groups in total. The molecule has 0 aromatic heterocycles. The van der Waals surface area contributed by atoms with E-state index >= 15 is 0 Å². The van der Waals surface area contributed by atoms with Crippen molar-refractivity contribution in [3.63, 3.8) is 0 Å². The van der Waals surface area contributed by atoms with Crippen molar-refractivity contribution in [1.82, 2.24) is 5.32 Å². The maximum Gasteiger partial charge on any atom is 0.169 e. The summed E-state index contributed by atoms with van der Waals surface area (Å²) in [5, 5.41) is 3.63. The fourth-order valence-electron chi connectivity index (χ4n) is 2.92. The Morgan fingerprint density at radius 1 is 1.12 bits per heavy atom. The zero-order valence-electron chi connectivity index (χ0n) is 12.1. The normalized spacial score (nSPS) is 26.5. The Hall–Kier alpha value is -0.120. The molecule has 0 radical (unpaired) electrons. The van der Waals surface area contributed by atoms with Crippen LogP contribution < -0.4 is 5.32 Å². The summed E-state index contributed by atoms with van der Waals surface area (Å²) in [6.45, 7) is 7.83. The van der Waals surface area contributed by atoms with Crippen LogP contribution in [0.1, 0.15) is 46.5 Å². The highest BCUT2D eigenvalue weighted by atomic mass is 16.7. The Bertz CT molecular complexity index is 209. The Kier molecular flexibility index (Phi) is 5.90. The Morgan fingerprint density at radius 3 is 2.24 bits per heavy atom. The minimum absolute atomic E-state index is 0.127. The van der Waals surface area contributed by atoms with Crippen molar-refractivity contribution in [3.8, 4) is 0 Å². The van der Waals surface area contributed by atoms with E-state index in [-0.39, 0.29) is 6.29 Å². The van der Waals surface area contributed by atoms with Crippen molar-refractivity contribution in [2.45, 2.75) is 58.8 Å². The third kappa shape index (κ3) is 4.57. The lowest BCUT2D eigenvalue weighted by molar-refractivity contribution is -0.102. The van der Waals surface area contributed by atoms with Crippen LogP contribution in [0.3, 0.4) is 0 Å². The van der Waals surface area contributed by atoms with Gasteiger partial charge in [-0.05, 0) is 24.2 Å². The van der Waals surface area contributed by atoms with Gasteiger partial charge in [-0.15, -0.1) is 0 Å². The van der Waals surface area contributed by atoms with Crippen LogP contribution in [0.15, 0.2) is 0 Å². The number of hydrogen-bond acceptors (Lipinski definition) is 3. The van der Waals surface area contributed by atoms with Gasteiger partial charge in [-0.2, -0.15) is 0 Å². The van der Waals surface area contributed by atoms with Gasteiger partial charge in [-0.3, -0.25) is 0 Å². The molecule has 0 spiro atoms. The van der Waals surface area contributed by atoms with Gasteiger partial charge < -0.3 is 14.8 Å². The van der Waals surface area contributed by atoms with Crippen LogP contribution in [0.5, 0.6) is 0 Å². The number of hydrogen-bond donors (Lipinski definition) is 1. The summed E-state index contributed by atoms with van der Waals surface area (Å²) >= 11 is 0. The molecule has 0 bridgehead atoms. The zero-order valence-corrected chi connectivity index (χ0v) is 12.1. The molecule has 2 atom stereocenters. The first-order valence-electron chi connectivity index (χ1n) is 6.78. The number of methoxy groups -OCH3 is 2. The van der Waals surface area contributed by atoms with Gasteiger partial charge in [-0.25, -0.2) is 0 Å². The maximum atomic E-state index is 5.23. The molecule has 1 saturated carbocycles. The van der Waals surface area contributed by atoms with Gasteiger partial charge in [0.1, 0.15) is 0 Å². The average molecular weight is 243 g/mol. The van der Waals surface area contributed by atoms with E-state index in [4.69, 9.17) is 9.47 Å². The lowest BCUT2D eigenvalue weighted by Crippen LogP contribution is -2.47. The molecule has 1 fully saturated rings. The minimum Gasteiger partial charge on any atom is -0.355 e. The molecular weight excluding hydrogens is 214 g/mol. The maximum absolute atomic E-state index is 5.23. The number of ether oxygens (including phenoxy) is 2. The summed E-state index contributed by atoms with van der Waals surface area (Å²) in [4.78, 5) is 0. The molecule has 17 heavy (non-hydrogen) atoms.